The van der Waals surface area contributed by atoms with Crippen molar-refractivity contribution in [1.82, 2.24) is 29.9 Å². The summed E-state index contributed by atoms with van der Waals surface area (Å²) in [6, 6.07) is 7.29. The Hall–Kier alpha value is -3.49. The van der Waals surface area contributed by atoms with E-state index in [0.29, 0.717) is 34.9 Å². The first kappa shape index (κ1) is 16.0. The number of pyridine rings is 1. The molecule has 4 heterocycles. The van der Waals surface area contributed by atoms with Gasteiger partial charge in [0.1, 0.15) is 5.69 Å². The fourth-order valence-corrected chi connectivity index (χ4v) is 2.80. The summed E-state index contributed by atoms with van der Waals surface area (Å²) in [5, 5.41) is 8.40. The van der Waals surface area contributed by atoms with Crippen LogP contribution in [0.2, 0.25) is 0 Å². The van der Waals surface area contributed by atoms with Crippen LogP contribution in [0.25, 0.3) is 22.6 Å². The van der Waals surface area contributed by atoms with Crippen LogP contribution in [0.15, 0.2) is 34.9 Å². The van der Waals surface area contributed by atoms with Crippen molar-refractivity contribution in [1.29, 1.82) is 0 Å². The van der Waals surface area contributed by atoms with Crippen molar-refractivity contribution in [3.8, 4) is 11.5 Å². The first-order valence-electron chi connectivity index (χ1n) is 8.19. The maximum absolute atomic E-state index is 6.00. The van der Waals surface area contributed by atoms with Gasteiger partial charge in [-0.05, 0) is 30.2 Å². The molecule has 0 atom stereocenters. The van der Waals surface area contributed by atoms with Crippen LogP contribution in [-0.4, -0.2) is 29.9 Å². The van der Waals surface area contributed by atoms with Crippen molar-refractivity contribution in [2.45, 2.75) is 26.3 Å². The summed E-state index contributed by atoms with van der Waals surface area (Å²) >= 11 is 0. The zero-order valence-corrected chi connectivity index (χ0v) is 14.4. The van der Waals surface area contributed by atoms with E-state index in [1.807, 2.05) is 12.1 Å². The summed E-state index contributed by atoms with van der Waals surface area (Å²) in [7, 11) is 0. The maximum Gasteiger partial charge on any atom is 0.222 e. The van der Waals surface area contributed by atoms with E-state index in [1.165, 1.54) is 0 Å². The van der Waals surface area contributed by atoms with E-state index in [9.17, 15) is 0 Å². The fraction of sp³-hybridized carbons (Fsp3) is 0.235. The molecule has 9 nitrogen and oxygen atoms in total. The third-order valence-electron chi connectivity index (χ3n) is 4.01. The summed E-state index contributed by atoms with van der Waals surface area (Å²) in [6.45, 7) is 4.50. The number of rotatable bonds is 4. The van der Waals surface area contributed by atoms with Crippen LogP contribution in [0.3, 0.4) is 0 Å². The number of anilines is 2. The normalized spacial score (nSPS) is 11.5. The van der Waals surface area contributed by atoms with E-state index >= 15 is 0 Å². The molecule has 4 rings (SSSR count). The van der Waals surface area contributed by atoms with Crippen molar-refractivity contribution >= 4 is 22.8 Å². The lowest BCUT2D eigenvalue weighted by Crippen LogP contribution is -2.09. The minimum absolute atomic E-state index is 0.126. The number of fused-ring (bicyclic) bond motifs is 1. The SMILES string of the molecule is CC(C)c1nc(Cn2nnc3c(-c4ccco4)nc(N)nc32)ccc1N. The standard InChI is InChI=1S/C17H18N8O/c1-9(2)13-11(18)6-5-10(20-13)8-25-16-15(23-24-25)14(21-17(19)22-16)12-4-3-7-26-12/h3-7,9H,8,18H2,1-2H3,(H2,19,21,22). The zero-order chi connectivity index (χ0) is 18.3. The molecule has 4 aromatic rings. The van der Waals surface area contributed by atoms with E-state index in [1.54, 1.807) is 23.1 Å². The molecule has 0 aliphatic rings. The van der Waals surface area contributed by atoms with Gasteiger partial charge in [0.15, 0.2) is 16.9 Å². The van der Waals surface area contributed by atoms with Gasteiger partial charge < -0.3 is 15.9 Å². The van der Waals surface area contributed by atoms with Crippen molar-refractivity contribution in [2.24, 2.45) is 0 Å². The van der Waals surface area contributed by atoms with E-state index in [2.05, 4.69) is 39.1 Å². The van der Waals surface area contributed by atoms with Gasteiger partial charge in [-0.25, -0.2) is 9.67 Å². The Kier molecular flexibility index (Phi) is 3.76. The first-order chi connectivity index (χ1) is 12.5. The van der Waals surface area contributed by atoms with Gasteiger partial charge >= 0.3 is 0 Å². The molecule has 4 aromatic heterocycles. The molecule has 0 spiro atoms. The Balaban J connectivity index is 1.78. The average Bonchev–Trinajstić information content (AvgIpc) is 3.26. The number of nitrogens with zero attached hydrogens (tertiary/aromatic N) is 6. The summed E-state index contributed by atoms with van der Waals surface area (Å²) in [6.07, 6.45) is 1.57. The smallest absolute Gasteiger partial charge is 0.222 e. The molecule has 0 fully saturated rings. The van der Waals surface area contributed by atoms with Crippen LogP contribution < -0.4 is 11.5 Å². The molecule has 0 unspecified atom stereocenters. The van der Waals surface area contributed by atoms with Crippen LogP contribution in [0.4, 0.5) is 11.6 Å². The van der Waals surface area contributed by atoms with Crippen LogP contribution >= 0.6 is 0 Å². The summed E-state index contributed by atoms with van der Waals surface area (Å²) in [5.74, 6) is 0.912. The van der Waals surface area contributed by atoms with Crippen LogP contribution in [0.1, 0.15) is 31.2 Å². The predicted molar refractivity (Wildman–Crippen MR) is 97.1 cm³/mol. The maximum atomic E-state index is 6.00. The zero-order valence-electron chi connectivity index (χ0n) is 14.4. The van der Waals surface area contributed by atoms with Gasteiger partial charge in [-0.15, -0.1) is 5.10 Å². The Morgan fingerprint density at radius 2 is 1.96 bits per heavy atom. The van der Waals surface area contributed by atoms with Crippen molar-refractivity contribution in [2.75, 3.05) is 11.5 Å². The summed E-state index contributed by atoms with van der Waals surface area (Å²) in [4.78, 5) is 13.2. The highest BCUT2D eigenvalue weighted by Crippen LogP contribution is 2.26. The molecule has 26 heavy (non-hydrogen) atoms. The third kappa shape index (κ3) is 2.73. The van der Waals surface area contributed by atoms with E-state index in [0.717, 1.165) is 11.4 Å². The monoisotopic (exact) mass is 350 g/mol. The molecule has 0 radical (unpaired) electrons. The number of hydrogen-bond donors (Lipinski definition) is 2. The third-order valence-corrected chi connectivity index (χ3v) is 4.01. The second kappa shape index (κ2) is 6.10. The average molecular weight is 350 g/mol. The number of hydrogen-bond acceptors (Lipinski definition) is 8. The molecule has 9 heteroatoms. The van der Waals surface area contributed by atoms with Crippen LogP contribution in [0.5, 0.6) is 0 Å². The van der Waals surface area contributed by atoms with Crippen LogP contribution in [-0.2, 0) is 6.54 Å². The summed E-state index contributed by atoms with van der Waals surface area (Å²) < 4.78 is 7.06. The van der Waals surface area contributed by atoms with Gasteiger partial charge in [-0.1, -0.05) is 19.1 Å². The van der Waals surface area contributed by atoms with Gasteiger partial charge in [0.2, 0.25) is 5.95 Å². The lowest BCUT2D eigenvalue weighted by Gasteiger charge is -2.10. The lowest BCUT2D eigenvalue weighted by molar-refractivity contribution is 0.580. The number of nitrogen functional groups attached to an aromatic ring is 2. The Labute approximate surface area is 149 Å². The largest absolute Gasteiger partial charge is 0.463 e. The molecule has 4 N–H and O–H groups in total. The minimum atomic E-state index is 0.126. The van der Waals surface area contributed by atoms with Gasteiger partial charge in [-0.2, -0.15) is 4.98 Å². The first-order valence-corrected chi connectivity index (χ1v) is 8.19. The fourth-order valence-electron chi connectivity index (χ4n) is 2.80. The number of nitrogens with two attached hydrogens (primary N) is 2. The highest BCUT2D eigenvalue weighted by Gasteiger charge is 2.18. The van der Waals surface area contributed by atoms with Gasteiger partial charge in [0, 0.05) is 0 Å². The Morgan fingerprint density at radius 3 is 2.69 bits per heavy atom. The second-order valence-electron chi connectivity index (χ2n) is 6.26. The van der Waals surface area contributed by atoms with Crippen molar-refractivity contribution in [3.05, 3.63) is 41.9 Å². The predicted octanol–water partition coefficient (Wildman–Crippen LogP) is 2.21. The molecule has 0 saturated heterocycles. The van der Waals surface area contributed by atoms with Crippen LogP contribution in [0, 0.1) is 0 Å². The Morgan fingerprint density at radius 1 is 1.12 bits per heavy atom. The molecule has 0 aliphatic carbocycles. The quantitative estimate of drug-likeness (QED) is 0.572. The highest BCUT2D eigenvalue weighted by atomic mass is 16.3. The van der Waals surface area contributed by atoms with Crippen molar-refractivity contribution in [3.63, 3.8) is 0 Å². The van der Waals surface area contributed by atoms with E-state index in [4.69, 9.17) is 15.9 Å². The molecular formula is C17H18N8O. The lowest BCUT2D eigenvalue weighted by atomic mass is 10.1. The van der Waals surface area contributed by atoms with Crippen molar-refractivity contribution < 1.29 is 4.42 Å². The molecular weight excluding hydrogens is 332 g/mol. The second-order valence-corrected chi connectivity index (χ2v) is 6.26. The molecule has 0 aliphatic heterocycles. The molecule has 0 saturated carbocycles. The van der Waals surface area contributed by atoms with Gasteiger partial charge in [0.05, 0.1) is 29.9 Å². The Bertz CT molecular complexity index is 1070. The van der Waals surface area contributed by atoms with Gasteiger partial charge in [-0.3, -0.25) is 4.98 Å². The number of furan rings is 1. The molecule has 132 valence electrons. The molecule has 0 aromatic carbocycles. The van der Waals surface area contributed by atoms with E-state index < -0.39 is 0 Å². The molecule has 0 bridgehead atoms. The topological polar surface area (TPSA) is 135 Å². The number of aromatic nitrogens is 6. The van der Waals surface area contributed by atoms with Gasteiger partial charge in [0.25, 0.3) is 0 Å². The summed E-state index contributed by atoms with van der Waals surface area (Å²) in [5.41, 5.74) is 15.8. The van der Waals surface area contributed by atoms with E-state index in [-0.39, 0.29) is 11.9 Å². The highest BCUT2D eigenvalue weighted by molar-refractivity contribution is 5.85. The molecule has 0 amide bonds. The minimum Gasteiger partial charge on any atom is -0.463 e.